The van der Waals surface area contributed by atoms with E-state index < -0.39 is 0 Å². The Hall–Kier alpha value is -3.29. The zero-order valence-corrected chi connectivity index (χ0v) is 11.5. The molecule has 1 aromatic carbocycles. The number of hydrogen-bond acceptors (Lipinski definition) is 6. The van der Waals surface area contributed by atoms with Crippen LogP contribution in [0.3, 0.4) is 0 Å². The van der Waals surface area contributed by atoms with Gasteiger partial charge in [-0.05, 0) is 11.6 Å². The Kier molecular flexibility index (Phi) is 2.97. The van der Waals surface area contributed by atoms with Gasteiger partial charge in [0, 0.05) is 6.54 Å². The van der Waals surface area contributed by atoms with Gasteiger partial charge in [-0.2, -0.15) is 5.10 Å². The summed E-state index contributed by atoms with van der Waals surface area (Å²) in [4.78, 5) is 19.5. The molecule has 4 rings (SSSR count). The van der Waals surface area contributed by atoms with Crippen LogP contribution in [-0.2, 0) is 6.54 Å². The monoisotopic (exact) mass is 292 g/mol. The number of aromatic amines is 1. The zero-order valence-electron chi connectivity index (χ0n) is 11.5. The molecule has 0 unspecified atom stereocenters. The van der Waals surface area contributed by atoms with E-state index in [9.17, 15) is 0 Å². The summed E-state index contributed by atoms with van der Waals surface area (Å²) in [6.45, 7) is 0.598. The van der Waals surface area contributed by atoms with Crippen molar-refractivity contribution in [1.29, 1.82) is 0 Å². The van der Waals surface area contributed by atoms with Crippen molar-refractivity contribution in [2.75, 3.05) is 5.32 Å². The van der Waals surface area contributed by atoms with E-state index in [0.29, 0.717) is 12.2 Å². The van der Waals surface area contributed by atoms with Crippen LogP contribution in [0.25, 0.3) is 16.9 Å². The predicted octanol–water partition coefficient (Wildman–Crippen LogP) is 1.55. The zero-order chi connectivity index (χ0) is 14.8. The number of nitrogens with zero attached hydrogens (tertiary/aromatic N) is 6. The lowest BCUT2D eigenvalue weighted by Gasteiger charge is -2.10. The summed E-state index contributed by atoms with van der Waals surface area (Å²) >= 11 is 0. The lowest BCUT2D eigenvalue weighted by atomic mass is 10.2. The predicted molar refractivity (Wildman–Crippen MR) is 80.4 cm³/mol. The highest BCUT2D eigenvalue weighted by Gasteiger charge is 2.08. The molecule has 0 fully saturated rings. The van der Waals surface area contributed by atoms with Gasteiger partial charge in [-0.25, -0.2) is 24.6 Å². The largest absolute Gasteiger partial charge is 0.364 e. The summed E-state index contributed by atoms with van der Waals surface area (Å²) < 4.78 is 1.74. The Morgan fingerprint density at radius 1 is 1.09 bits per heavy atom. The molecule has 0 bridgehead atoms. The number of hydrogen-bond donors (Lipinski definition) is 2. The SMILES string of the molecule is c1ccc(-n2cncn2)c(CNc2ncnc3nc[nH]c23)c1. The van der Waals surface area contributed by atoms with Crippen molar-refractivity contribution in [3.05, 3.63) is 55.1 Å². The molecule has 0 atom stereocenters. The lowest BCUT2D eigenvalue weighted by Crippen LogP contribution is -2.07. The maximum atomic E-state index is 4.26. The molecule has 8 heteroatoms. The van der Waals surface area contributed by atoms with Crippen LogP contribution in [0.1, 0.15) is 5.56 Å². The van der Waals surface area contributed by atoms with E-state index in [1.807, 2.05) is 24.3 Å². The summed E-state index contributed by atoms with van der Waals surface area (Å²) in [6, 6.07) is 7.99. The van der Waals surface area contributed by atoms with Crippen LogP contribution in [0.15, 0.2) is 49.6 Å². The van der Waals surface area contributed by atoms with Gasteiger partial charge in [0.1, 0.15) is 24.5 Å². The maximum absolute atomic E-state index is 4.26. The van der Waals surface area contributed by atoms with Crippen molar-refractivity contribution in [2.45, 2.75) is 6.54 Å². The minimum Gasteiger partial charge on any atom is -0.364 e. The van der Waals surface area contributed by atoms with E-state index in [1.54, 1.807) is 17.3 Å². The first-order valence-electron chi connectivity index (χ1n) is 6.72. The first-order valence-corrected chi connectivity index (χ1v) is 6.72. The van der Waals surface area contributed by atoms with Crippen molar-refractivity contribution < 1.29 is 0 Å². The van der Waals surface area contributed by atoms with Crippen LogP contribution in [0.4, 0.5) is 5.82 Å². The average molecular weight is 292 g/mol. The number of H-pyrrole nitrogens is 1. The molecule has 0 saturated heterocycles. The summed E-state index contributed by atoms with van der Waals surface area (Å²) in [5.74, 6) is 0.718. The average Bonchev–Trinajstić information content (AvgIpc) is 3.24. The molecule has 108 valence electrons. The van der Waals surface area contributed by atoms with E-state index in [4.69, 9.17) is 0 Å². The van der Waals surface area contributed by atoms with Crippen molar-refractivity contribution in [2.24, 2.45) is 0 Å². The third-order valence-electron chi connectivity index (χ3n) is 3.33. The van der Waals surface area contributed by atoms with Gasteiger partial charge in [-0.3, -0.25) is 0 Å². The fourth-order valence-corrected chi connectivity index (χ4v) is 2.29. The molecule has 3 heterocycles. The number of nitrogens with one attached hydrogen (secondary N) is 2. The Balaban J connectivity index is 1.64. The molecule has 0 aliphatic rings. The van der Waals surface area contributed by atoms with Crippen LogP contribution < -0.4 is 5.32 Å². The first kappa shape index (κ1) is 12.5. The Morgan fingerprint density at radius 3 is 2.95 bits per heavy atom. The number of benzene rings is 1. The summed E-state index contributed by atoms with van der Waals surface area (Å²) in [5.41, 5.74) is 3.49. The van der Waals surface area contributed by atoms with Crippen molar-refractivity contribution in [3.63, 3.8) is 0 Å². The van der Waals surface area contributed by atoms with Gasteiger partial charge in [-0.15, -0.1) is 0 Å². The number of para-hydroxylation sites is 1. The number of rotatable bonds is 4. The minimum absolute atomic E-state index is 0.598. The van der Waals surface area contributed by atoms with E-state index >= 15 is 0 Å². The second-order valence-electron chi connectivity index (χ2n) is 4.65. The van der Waals surface area contributed by atoms with Crippen LogP contribution in [0, 0.1) is 0 Å². The van der Waals surface area contributed by atoms with Gasteiger partial charge in [0.2, 0.25) is 0 Å². The van der Waals surface area contributed by atoms with E-state index in [0.717, 1.165) is 22.6 Å². The molecule has 2 N–H and O–H groups in total. The molecule has 0 radical (unpaired) electrons. The lowest BCUT2D eigenvalue weighted by molar-refractivity contribution is 0.862. The summed E-state index contributed by atoms with van der Waals surface area (Å²) in [6.07, 6.45) is 6.29. The number of anilines is 1. The fraction of sp³-hybridized carbons (Fsp3) is 0.0714. The van der Waals surface area contributed by atoms with Crippen LogP contribution >= 0.6 is 0 Å². The minimum atomic E-state index is 0.598. The van der Waals surface area contributed by atoms with Crippen LogP contribution in [0.5, 0.6) is 0 Å². The van der Waals surface area contributed by atoms with Gasteiger partial charge in [0.05, 0.1) is 12.0 Å². The molecule has 8 nitrogen and oxygen atoms in total. The van der Waals surface area contributed by atoms with Crippen molar-refractivity contribution in [1.82, 2.24) is 34.7 Å². The van der Waals surface area contributed by atoms with E-state index in [2.05, 4.69) is 35.3 Å². The smallest absolute Gasteiger partial charge is 0.182 e. The highest BCUT2D eigenvalue weighted by molar-refractivity contribution is 5.81. The molecule has 0 saturated carbocycles. The number of fused-ring (bicyclic) bond motifs is 1. The topological polar surface area (TPSA) is 97.2 Å². The summed E-state index contributed by atoms with van der Waals surface area (Å²) in [7, 11) is 0. The van der Waals surface area contributed by atoms with Gasteiger partial charge < -0.3 is 10.3 Å². The normalized spacial score (nSPS) is 10.9. The van der Waals surface area contributed by atoms with Crippen molar-refractivity contribution in [3.8, 4) is 5.69 Å². The molecular weight excluding hydrogens is 280 g/mol. The van der Waals surface area contributed by atoms with Gasteiger partial charge in [-0.1, -0.05) is 18.2 Å². The summed E-state index contributed by atoms with van der Waals surface area (Å²) in [5, 5.41) is 7.49. The maximum Gasteiger partial charge on any atom is 0.182 e. The van der Waals surface area contributed by atoms with Crippen molar-refractivity contribution >= 4 is 17.0 Å². The Morgan fingerprint density at radius 2 is 2.05 bits per heavy atom. The molecular formula is C14H12N8. The fourth-order valence-electron chi connectivity index (χ4n) is 2.29. The molecule has 4 aromatic rings. The highest BCUT2D eigenvalue weighted by atomic mass is 15.3. The molecule has 0 spiro atoms. The van der Waals surface area contributed by atoms with Crippen LogP contribution in [0.2, 0.25) is 0 Å². The number of aromatic nitrogens is 7. The number of imidazole rings is 1. The first-order chi connectivity index (χ1) is 10.9. The Labute approximate surface area is 125 Å². The third kappa shape index (κ3) is 2.16. The highest BCUT2D eigenvalue weighted by Crippen LogP contribution is 2.18. The molecule has 0 aliphatic carbocycles. The van der Waals surface area contributed by atoms with Gasteiger partial charge in [0.25, 0.3) is 0 Å². The van der Waals surface area contributed by atoms with Crippen LogP contribution in [-0.4, -0.2) is 34.7 Å². The molecule has 0 amide bonds. The molecule has 3 aromatic heterocycles. The standard InChI is InChI=1S/C14H12N8/c1-2-4-11(22-9-15-6-21-22)10(3-1)5-16-13-12-14(18-7-17-12)20-8-19-13/h1-4,6-9H,5H2,(H2,16,17,18,19,20). The molecule has 0 aliphatic heterocycles. The Bertz CT molecular complexity index is 896. The quantitative estimate of drug-likeness (QED) is 0.592. The third-order valence-corrected chi connectivity index (χ3v) is 3.33. The van der Waals surface area contributed by atoms with E-state index in [-0.39, 0.29) is 0 Å². The van der Waals surface area contributed by atoms with E-state index in [1.165, 1.54) is 12.7 Å². The van der Waals surface area contributed by atoms with Gasteiger partial charge in [0.15, 0.2) is 11.5 Å². The molecule has 22 heavy (non-hydrogen) atoms. The second kappa shape index (κ2) is 5.24. The second-order valence-corrected chi connectivity index (χ2v) is 4.65. The van der Waals surface area contributed by atoms with Gasteiger partial charge >= 0.3 is 0 Å².